The van der Waals surface area contributed by atoms with Gasteiger partial charge >= 0.3 is 0 Å². The normalized spacial score (nSPS) is 13.8. The molecule has 0 N–H and O–H groups in total. The molecule has 4 nitrogen and oxygen atoms in total. The average molecular weight is 284 g/mol. The smallest absolute Gasteiger partial charge is 0.272 e. The van der Waals surface area contributed by atoms with Crippen molar-refractivity contribution in [1.29, 1.82) is 0 Å². The fraction of sp³-hybridized carbons (Fsp3) is 0. The minimum Gasteiger partial charge on any atom is -0.291 e. The van der Waals surface area contributed by atoms with Crippen LogP contribution in [-0.4, -0.2) is 15.9 Å². The van der Waals surface area contributed by atoms with Crippen LogP contribution in [0.15, 0.2) is 65.9 Å². The second kappa shape index (κ2) is 4.90. The van der Waals surface area contributed by atoms with Gasteiger partial charge < -0.3 is 0 Å². The Kier molecular flexibility index (Phi) is 3.08. The zero-order valence-electron chi connectivity index (χ0n) is 10.5. The number of para-hydroxylation sites is 1. The lowest BCUT2D eigenvalue weighted by Gasteiger charge is -2.29. The number of hydrogen-bond acceptors (Lipinski definition) is 4. The number of hydrogen-bond donors (Lipinski definition) is 0. The van der Waals surface area contributed by atoms with Crippen LogP contribution in [0.2, 0.25) is 0 Å². The lowest BCUT2D eigenvalue weighted by Crippen LogP contribution is -2.28. The van der Waals surface area contributed by atoms with Gasteiger partial charge in [-0.15, -0.1) is 0 Å². The molecule has 20 heavy (non-hydrogen) atoms. The summed E-state index contributed by atoms with van der Waals surface area (Å²) >= 11 is 5.59. The maximum atomic E-state index is 11.5. The molecule has 5 heteroatoms. The molecule has 0 saturated carbocycles. The van der Waals surface area contributed by atoms with Crippen LogP contribution in [0.5, 0.6) is 0 Å². The van der Waals surface area contributed by atoms with Crippen LogP contribution < -0.4 is 4.90 Å². The van der Waals surface area contributed by atoms with E-state index in [4.69, 9.17) is 11.6 Å². The number of carbonyl (C=O) groups excluding carboxylic acids is 1. The highest BCUT2D eigenvalue weighted by atomic mass is 35.5. The maximum absolute atomic E-state index is 11.5. The predicted molar refractivity (Wildman–Crippen MR) is 79.9 cm³/mol. The Balaban J connectivity index is 2.22. The van der Waals surface area contributed by atoms with Crippen molar-refractivity contribution >= 4 is 39.7 Å². The van der Waals surface area contributed by atoms with Gasteiger partial charge in [-0.1, -0.05) is 24.8 Å². The van der Waals surface area contributed by atoms with E-state index in [1.54, 1.807) is 23.2 Å². The third kappa shape index (κ3) is 2.00. The first-order valence-electron chi connectivity index (χ1n) is 5.96. The number of benzene rings is 1. The average Bonchev–Trinajstić information content (AvgIpc) is 2.47. The molecule has 0 bridgehead atoms. The standard InChI is InChI=1S/C15H10ClN3O/c1-10-13(14(16)20)18-12-8-5-9-17-15(12)19(10)11-6-3-2-4-7-11/h2-9H,1H2. The summed E-state index contributed by atoms with van der Waals surface area (Å²) in [5.41, 5.74) is 1.99. The largest absolute Gasteiger partial charge is 0.291 e. The lowest BCUT2D eigenvalue weighted by molar-refractivity contribution is -0.106. The van der Waals surface area contributed by atoms with Crippen molar-refractivity contribution in [2.75, 3.05) is 4.90 Å². The summed E-state index contributed by atoms with van der Waals surface area (Å²) in [5.74, 6) is 0.630. The van der Waals surface area contributed by atoms with E-state index >= 15 is 0 Å². The number of allylic oxidation sites excluding steroid dienone is 1. The SMILES string of the molecule is C=C1C(C(=O)Cl)=Nc2cccnc2N1c1ccccc1. The van der Waals surface area contributed by atoms with Gasteiger partial charge in [0.1, 0.15) is 11.4 Å². The van der Waals surface area contributed by atoms with Crippen molar-refractivity contribution in [2.45, 2.75) is 0 Å². The van der Waals surface area contributed by atoms with E-state index < -0.39 is 5.24 Å². The molecule has 0 radical (unpaired) electrons. The second-order valence-corrected chi connectivity index (χ2v) is 4.54. The van der Waals surface area contributed by atoms with E-state index in [0.717, 1.165) is 5.69 Å². The molecule has 98 valence electrons. The zero-order valence-corrected chi connectivity index (χ0v) is 11.2. The summed E-state index contributed by atoms with van der Waals surface area (Å²) in [6, 6.07) is 13.1. The van der Waals surface area contributed by atoms with Gasteiger partial charge in [0.05, 0.1) is 5.70 Å². The van der Waals surface area contributed by atoms with Crippen molar-refractivity contribution in [3.05, 3.63) is 60.9 Å². The maximum Gasteiger partial charge on any atom is 0.272 e. The lowest BCUT2D eigenvalue weighted by atomic mass is 10.1. The summed E-state index contributed by atoms with van der Waals surface area (Å²) in [4.78, 5) is 21.9. The highest BCUT2D eigenvalue weighted by molar-refractivity contribution is 6.84. The topological polar surface area (TPSA) is 45.6 Å². The van der Waals surface area contributed by atoms with Crippen LogP contribution in [0.4, 0.5) is 17.2 Å². The van der Waals surface area contributed by atoms with Crippen LogP contribution in [-0.2, 0) is 4.79 Å². The Morgan fingerprint density at radius 2 is 1.90 bits per heavy atom. The quantitative estimate of drug-likeness (QED) is 0.791. The molecule has 0 saturated heterocycles. The molecule has 2 aromatic rings. The van der Waals surface area contributed by atoms with E-state index in [1.165, 1.54) is 0 Å². The molecule has 0 aliphatic carbocycles. The fourth-order valence-electron chi connectivity index (χ4n) is 2.08. The van der Waals surface area contributed by atoms with Gasteiger partial charge in [-0.25, -0.2) is 9.98 Å². The number of aliphatic imine (C=N–C) groups is 1. The predicted octanol–water partition coefficient (Wildman–Crippen LogP) is 3.58. The Hall–Kier alpha value is -2.46. The van der Waals surface area contributed by atoms with Gasteiger partial charge in [-0.2, -0.15) is 0 Å². The Morgan fingerprint density at radius 1 is 1.15 bits per heavy atom. The second-order valence-electron chi connectivity index (χ2n) is 4.20. The Bertz CT molecular complexity index is 725. The summed E-state index contributed by atoms with van der Waals surface area (Å²) < 4.78 is 0. The number of fused-ring (bicyclic) bond motifs is 1. The number of carbonyl (C=O) groups is 1. The van der Waals surface area contributed by atoms with Gasteiger partial charge in [0, 0.05) is 11.9 Å². The molecule has 0 amide bonds. The third-order valence-electron chi connectivity index (χ3n) is 2.95. The molecule has 3 rings (SSSR count). The van der Waals surface area contributed by atoms with Gasteiger partial charge in [0.2, 0.25) is 0 Å². The zero-order chi connectivity index (χ0) is 14.1. The molecule has 0 spiro atoms. The van der Waals surface area contributed by atoms with Crippen LogP contribution in [0.3, 0.4) is 0 Å². The van der Waals surface area contributed by atoms with E-state index in [1.807, 2.05) is 30.3 Å². The minimum atomic E-state index is -0.634. The first-order chi connectivity index (χ1) is 9.68. The highest BCUT2D eigenvalue weighted by Gasteiger charge is 2.28. The van der Waals surface area contributed by atoms with Gasteiger partial charge in [0.15, 0.2) is 5.82 Å². The molecular formula is C15H10ClN3O. The molecule has 1 aliphatic heterocycles. The molecule has 2 heterocycles. The number of pyridine rings is 1. The van der Waals surface area contributed by atoms with Crippen molar-refractivity contribution in [2.24, 2.45) is 4.99 Å². The first kappa shape index (κ1) is 12.6. The van der Waals surface area contributed by atoms with E-state index in [2.05, 4.69) is 16.6 Å². The Morgan fingerprint density at radius 3 is 2.60 bits per heavy atom. The monoisotopic (exact) mass is 283 g/mol. The van der Waals surface area contributed by atoms with E-state index in [9.17, 15) is 4.79 Å². The number of halogens is 1. The molecule has 0 fully saturated rings. The number of rotatable bonds is 2. The summed E-state index contributed by atoms with van der Waals surface area (Å²) in [6.45, 7) is 3.92. The van der Waals surface area contributed by atoms with Crippen LogP contribution in [0, 0.1) is 0 Å². The molecule has 1 aromatic heterocycles. The molecule has 0 unspecified atom stereocenters. The molecule has 0 atom stereocenters. The first-order valence-corrected chi connectivity index (χ1v) is 6.34. The molecular weight excluding hydrogens is 274 g/mol. The van der Waals surface area contributed by atoms with Crippen LogP contribution >= 0.6 is 11.6 Å². The number of aromatic nitrogens is 1. The van der Waals surface area contributed by atoms with Crippen LogP contribution in [0.1, 0.15) is 0 Å². The summed E-state index contributed by atoms with van der Waals surface area (Å²) in [5, 5.41) is -0.634. The van der Waals surface area contributed by atoms with Crippen LogP contribution in [0.25, 0.3) is 0 Å². The third-order valence-corrected chi connectivity index (χ3v) is 3.13. The Labute approximate surface area is 121 Å². The van der Waals surface area contributed by atoms with Gasteiger partial charge in [-0.3, -0.25) is 9.69 Å². The minimum absolute atomic E-state index is 0.135. The number of nitrogens with zero attached hydrogens (tertiary/aromatic N) is 3. The van der Waals surface area contributed by atoms with Crippen molar-refractivity contribution in [1.82, 2.24) is 4.98 Å². The highest BCUT2D eigenvalue weighted by Crippen LogP contribution is 2.38. The van der Waals surface area contributed by atoms with E-state index in [-0.39, 0.29) is 5.71 Å². The number of anilines is 2. The van der Waals surface area contributed by atoms with Crippen molar-refractivity contribution in [3.63, 3.8) is 0 Å². The summed E-state index contributed by atoms with van der Waals surface area (Å²) in [7, 11) is 0. The summed E-state index contributed by atoms with van der Waals surface area (Å²) in [6.07, 6.45) is 1.67. The molecule has 1 aliphatic rings. The van der Waals surface area contributed by atoms with Gasteiger partial charge in [0.25, 0.3) is 5.24 Å². The van der Waals surface area contributed by atoms with E-state index in [0.29, 0.717) is 17.2 Å². The molecule has 1 aromatic carbocycles. The van der Waals surface area contributed by atoms with Crippen molar-refractivity contribution < 1.29 is 4.79 Å². The van der Waals surface area contributed by atoms with Crippen molar-refractivity contribution in [3.8, 4) is 0 Å². The fourth-order valence-corrected chi connectivity index (χ4v) is 2.23. The van der Waals surface area contributed by atoms with Gasteiger partial charge in [-0.05, 0) is 35.9 Å².